The largest absolute Gasteiger partial charge is 0.478 e. The maximum Gasteiger partial charge on any atom is 0.335 e. The Morgan fingerprint density at radius 3 is 2.35 bits per heavy atom. The molecule has 4 nitrogen and oxygen atoms in total. The lowest BCUT2D eigenvalue weighted by atomic mass is 9.81. The Balaban J connectivity index is 2.14. The molecule has 23 heavy (non-hydrogen) atoms. The van der Waals surface area contributed by atoms with Crippen LogP contribution in [0, 0.1) is 6.92 Å². The van der Waals surface area contributed by atoms with Gasteiger partial charge in [0.15, 0.2) is 0 Å². The fraction of sp³-hybridized carbons (Fsp3) is 0.263. The number of carboxylic acids is 1. The summed E-state index contributed by atoms with van der Waals surface area (Å²) in [4.78, 5) is 23.4. The van der Waals surface area contributed by atoms with Crippen molar-refractivity contribution in [2.45, 2.75) is 32.6 Å². The molecular weight excluding hydrogens is 290 g/mol. The molecule has 2 aromatic rings. The lowest BCUT2D eigenvalue weighted by Gasteiger charge is -2.24. The summed E-state index contributed by atoms with van der Waals surface area (Å²) in [5, 5.41) is 11.9. The van der Waals surface area contributed by atoms with Crippen LogP contribution in [0.2, 0.25) is 0 Å². The number of amides is 1. The van der Waals surface area contributed by atoms with Crippen LogP contribution in [-0.2, 0) is 10.2 Å². The Morgan fingerprint density at radius 1 is 1.09 bits per heavy atom. The first-order valence-electron chi connectivity index (χ1n) is 7.49. The van der Waals surface area contributed by atoms with E-state index in [1.54, 1.807) is 6.07 Å². The van der Waals surface area contributed by atoms with E-state index in [0.29, 0.717) is 12.1 Å². The van der Waals surface area contributed by atoms with E-state index in [4.69, 9.17) is 5.11 Å². The minimum absolute atomic E-state index is 0.135. The Labute approximate surface area is 136 Å². The van der Waals surface area contributed by atoms with E-state index in [1.807, 2.05) is 51.1 Å². The molecule has 0 heterocycles. The first-order valence-corrected chi connectivity index (χ1v) is 7.49. The molecule has 2 rings (SSSR count). The van der Waals surface area contributed by atoms with Crippen molar-refractivity contribution in [3.05, 3.63) is 65.2 Å². The van der Waals surface area contributed by atoms with E-state index in [9.17, 15) is 9.59 Å². The molecule has 1 amide bonds. The highest BCUT2D eigenvalue weighted by atomic mass is 16.4. The van der Waals surface area contributed by atoms with Crippen molar-refractivity contribution in [2.75, 3.05) is 5.32 Å². The number of carbonyl (C=O) groups excluding carboxylic acids is 1. The van der Waals surface area contributed by atoms with Crippen LogP contribution in [0.1, 0.15) is 41.8 Å². The fourth-order valence-corrected chi connectivity index (χ4v) is 2.48. The molecule has 0 saturated carbocycles. The first kappa shape index (κ1) is 16.7. The van der Waals surface area contributed by atoms with E-state index in [-0.39, 0.29) is 16.9 Å². The molecule has 2 N–H and O–H groups in total. The molecule has 0 unspecified atom stereocenters. The number of hydrogen-bond donors (Lipinski definition) is 2. The summed E-state index contributed by atoms with van der Waals surface area (Å²) in [7, 11) is 0. The SMILES string of the molecule is Cc1ccc(C(=O)O)cc1NC(=O)CC(C)(C)c1ccccc1. The van der Waals surface area contributed by atoms with Crippen LogP contribution in [0.25, 0.3) is 0 Å². The summed E-state index contributed by atoms with van der Waals surface area (Å²) in [5.41, 5.74) is 2.32. The van der Waals surface area contributed by atoms with Crippen LogP contribution in [0.3, 0.4) is 0 Å². The van der Waals surface area contributed by atoms with Gasteiger partial charge in [0.2, 0.25) is 5.91 Å². The third-order valence-electron chi connectivity index (χ3n) is 3.92. The zero-order valence-electron chi connectivity index (χ0n) is 13.6. The zero-order valence-corrected chi connectivity index (χ0v) is 13.6. The molecule has 4 heteroatoms. The van der Waals surface area contributed by atoms with Gasteiger partial charge in [-0.15, -0.1) is 0 Å². The molecule has 0 atom stereocenters. The average molecular weight is 311 g/mol. The monoisotopic (exact) mass is 311 g/mol. The molecule has 0 aliphatic carbocycles. The molecule has 0 aliphatic rings. The maximum atomic E-state index is 12.4. The van der Waals surface area contributed by atoms with Gasteiger partial charge < -0.3 is 10.4 Å². The number of benzene rings is 2. The number of anilines is 1. The second-order valence-corrected chi connectivity index (χ2v) is 6.31. The van der Waals surface area contributed by atoms with Crippen LogP contribution < -0.4 is 5.32 Å². The number of aromatic carboxylic acids is 1. The molecule has 0 spiro atoms. The summed E-state index contributed by atoms with van der Waals surface area (Å²) >= 11 is 0. The molecule has 0 aliphatic heterocycles. The van der Waals surface area contributed by atoms with E-state index in [1.165, 1.54) is 12.1 Å². The van der Waals surface area contributed by atoms with Gasteiger partial charge in [-0.2, -0.15) is 0 Å². The second kappa shape index (κ2) is 6.65. The van der Waals surface area contributed by atoms with Crippen molar-refractivity contribution in [1.82, 2.24) is 0 Å². The zero-order chi connectivity index (χ0) is 17.0. The van der Waals surface area contributed by atoms with Gasteiger partial charge in [0.25, 0.3) is 0 Å². The Morgan fingerprint density at radius 2 is 1.74 bits per heavy atom. The topological polar surface area (TPSA) is 66.4 Å². The van der Waals surface area contributed by atoms with Gasteiger partial charge in [-0.1, -0.05) is 50.2 Å². The van der Waals surface area contributed by atoms with Gasteiger partial charge in [0.05, 0.1) is 5.56 Å². The molecule has 0 aromatic heterocycles. The third-order valence-corrected chi connectivity index (χ3v) is 3.92. The maximum absolute atomic E-state index is 12.4. The molecule has 120 valence electrons. The van der Waals surface area contributed by atoms with E-state index < -0.39 is 5.97 Å². The molecule has 0 fully saturated rings. The number of carbonyl (C=O) groups is 2. The fourth-order valence-electron chi connectivity index (χ4n) is 2.48. The van der Waals surface area contributed by atoms with Gasteiger partial charge >= 0.3 is 5.97 Å². The summed E-state index contributed by atoms with van der Waals surface area (Å²) in [5.74, 6) is -1.14. The number of aryl methyl sites for hydroxylation is 1. The normalized spacial score (nSPS) is 11.1. The lowest BCUT2D eigenvalue weighted by molar-refractivity contribution is -0.117. The van der Waals surface area contributed by atoms with Gasteiger partial charge in [-0.3, -0.25) is 4.79 Å². The summed E-state index contributed by atoms with van der Waals surface area (Å²) < 4.78 is 0. The van der Waals surface area contributed by atoms with Crippen LogP contribution >= 0.6 is 0 Å². The Bertz CT molecular complexity index is 721. The highest BCUT2D eigenvalue weighted by Crippen LogP contribution is 2.27. The third kappa shape index (κ3) is 4.19. The van der Waals surface area contributed by atoms with E-state index >= 15 is 0 Å². The van der Waals surface area contributed by atoms with E-state index in [0.717, 1.165) is 11.1 Å². The lowest BCUT2D eigenvalue weighted by Crippen LogP contribution is -2.26. The van der Waals surface area contributed by atoms with Gasteiger partial charge in [-0.25, -0.2) is 4.79 Å². The summed E-state index contributed by atoms with van der Waals surface area (Å²) in [6.07, 6.45) is 0.313. The number of nitrogens with one attached hydrogen (secondary N) is 1. The molecule has 0 radical (unpaired) electrons. The predicted octanol–water partition coefficient (Wildman–Crippen LogP) is 4.00. The molecule has 0 bridgehead atoms. The average Bonchev–Trinajstić information content (AvgIpc) is 2.49. The van der Waals surface area contributed by atoms with Gasteiger partial charge in [0.1, 0.15) is 0 Å². The summed E-state index contributed by atoms with van der Waals surface area (Å²) in [6.45, 7) is 5.87. The van der Waals surface area contributed by atoms with E-state index in [2.05, 4.69) is 5.32 Å². The second-order valence-electron chi connectivity index (χ2n) is 6.31. The van der Waals surface area contributed by atoms with Crippen molar-refractivity contribution in [3.8, 4) is 0 Å². The molecule has 2 aromatic carbocycles. The van der Waals surface area contributed by atoms with Crippen LogP contribution in [-0.4, -0.2) is 17.0 Å². The quantitative estimate of drug-likeness (QED) is 0.877. The Hall–Kier alpha value is -2.62. The van der Waals surface area contributed by atoms with Crippen molar-refractivity contribution in [3.63, 3.8) is 0 Å². The minimum atomic E-state index is -1.01. The van der Waals surface area contributed by atoms with Crippen LogP contribution in [0.15, 0.2) is 48.5 Å². The van der Waals surface area contributed by atoms with Gasteiger partial charge in [0, 0.05) is 12.1 Å². The standard InChI is InChI=1S/C19H21NO3/c1-13-9-10-14(18(22)23)11-16(13)20-17(21)12-19(2,3)15-7-5-4-6-8-15/h4-11H,12H2,1-3H3,(H,20,21)(H,22,23). The minimum Gasteiger partial charge on any atom is -0.478 e. The molecule has 0 saturated heterocycles. The summed E-state index contributed by atoms with van der Waals surface area (Å²) in [6, 6.07) is 14.6. The number of hydrogen-bond acceptors (Lipinski definition) is 2. The van der Waals surface area contributed by atoms with Crippen molar-refractivity contribution < 1.29 is 14.7 Å². The highest BCUT2D eigenvalue weighted by Gasteiger charge is 2.24. The predicted molar refractivity (Wildman–Crippen MR) is 90.9 cm³/mol. The van der Waals surface area contributed by atoms with Crippen molar-refractivity contribution in [2.24, 2.45) is 0 Å². The number of rotatable bonds is 5. The van der Waals surface area contributed by atoms with Crippen molar-refractivity contribution in [1.29, 1.82) is 0 Å². The van der Waals surface area contributed by atoms with Crippen LogP contribution in [0.5, 0.6) is 0 Å². The van der Waals surface area contributed by atoms with Crippen LogP contribution in [0.4, 0.5) is 5.69 Å². The van der Waals surface area contributed by atoms with Gasteiger partial charge in [-0.05, 0) is 35.6 Å². The number of carboxylic acid groups (broad SMARTS) is 1. The first-order chi connectivity index (χ1) is 10.8. The smallest absolute Gasteiger partial charge is 0.335 e. The Kier molecular flexibility index (Phi) is 4.84. The van der Waals surface area contributed by atoms with Crippen molar-refractivity contribution >= 4 is 17.6 Å². The highest BCUT2D eigenvalue weighted by molar-refractivity contribution is 5.95. The molecular formula is C19H21NO3.